The van der Waals surface area contributed by atoms with Crippen LogP contribution in [0.2, 0.25) is 5.02 Å². The molecule has 2 aromatic carbocycles. The minimum Gasteiger partial charge on any atom is -0.493 e. The van der Waals surface area contributed by atoms with Crippen LogP contribution in [0.4, 0.5) is 0 Å². The fourth-order valence-corrected chi connectivity index (χ4v) is 6.43. The summed E-state index contributed by atoms with van der Waals surface area (Å²) in [5.41, 5.74) is 3.73. The lowest BCUT2D eigenvalue weighted by atomic mass is 9.84. The Hall–Kier alpha value is -2.94. The van der Waals surface area contributed by atoms with Crippen molar-refractivity contribution >= 4 is 29.3 Å². The van der Waals surface area contributed by atoms with E-state index >= 15 is 0 Å². The van der Waals surface area contributed by atoms with Gasteiger partial charge in [0.25, 0.3) is 5.91 Å². The van der Waals surface area contributed by atoms with E-state index in [4.69, 9.17) is 21.1 Å². The summed E-state index contributed by atoms with van der Waals surface area (Å²) in [5.74, 6) is -0.174. The maximum atomic E-state index is 13.0. The molecule has 2 aromatic rings. The summed E-state index contributed by atoms with van der Waals surface area (Å²) in [4.78, 5) is 40.9. The second-order valence-corrected chi connectivity index (χ2v) is 11.1. The SMILES string of the molecule is O=C1CCC(N2Cc3c(OCCCCN4CCC5(CC4)OCc4ccc(Cl)cc45)cccc3C2=O)C(=O)N1. The molecule has 1 N–H and O–H groups in total. The van der Waals surface area contributed by atoms with Gasteiger partial charge in [-0.3, -0.25) is 19.7 Å². The Labute approximate surface area is 227 Å². The Morgan fingerprint density at radius 3 is 2.76 bits per heavy atom. The van der Waals surface area contributed by atoms with Crippen LogP contribution in [-0.4, -0.2) is 59.8 Å². The molecule has 2 saturated heterocycles. The fourth-order valence-electron chi connectivity index (χ4n) is 6.26. The van der Waals surface area contributed by atoms with Gasteiger partial charge in [0.1, 0.15) is 11.8 Å². The predicted molar refractivity (Wildman–Crippen MR) is 141 cm³/mol. The van der Waals surface area contributed by atoms with E-state index in [1.807, 2.05) is 18.2 Å². The van der Waals surface area contributed by atoms with Crippen LogP contribution >= 0.6 is 11.6 Å². The molecule has 3 amide bonds. The lowest BCUT2D eigenvalue weighted by Crippen LogP contribution is -2.52. The summed E-state index contributed by atoms with van der Waals surface area (Å²) < 4.78 is 12.4. The summed E-state index contributed by atoms with van der Waals surface area (Å²) in [6.45, 7) is 4.56. The number of ether oxygens (including phenoxy) is 2. The van der Waals surface area contributed by atoms with E-state index in [9.17, 15) is 14.4 Å². The first-order valence-corrected chi connectivity index (χ1v) is 13.9. The van der Waals surface area contributed by atoms with Crippen molar-refractivity contribution in [1.29, 1.82) is 0 Å². The van der Waals surface area contributed by atoms with Crippen molar-refractivity contribution < 1.29 is 23.9 Å². The minimum atomic E-state index is -0.621. The third-order valence-electron chi connectivity index (χ3n) is 8.40. The van der Waals surface area contributed by atoms with Crippen molar-refractivity contribution in [3.8, 4) is 5.75 Å². The molecule has 8 nitrogen and oxygen atoms in total. The third kappa shape index (κ3) is 4.70. The van der Waals surface area contributed by atoms with E-state index in [0.29, 0.717) is 37.5 Å². The van der Waals surface area contributed by atoms with Gasteiger partial charge in [-0.15, -0.1) is 0 Å². The van der Waals surface area contributed by atoms with E-state index in [2.05, 4.69) is 22.3 Å². The van der Waals surface area contributed by atoms with E-state index in [1.54, 1.807) is 11.0 Å². The number of halogens is 1. The van der Waals surface area contributed by atoms with Crippen molar-refractivity contribution in [1.82, 2.24) is 15.1 Å². The number of rotatable bonds is 7. The number of amides is 3. The highest BCUT2D eigenvalue weighted by atomic mass is 35.5. The number of benzene rings is 2. The highest BCUT2D eigenvalue weighted by Gasteiger charge is 2.43. The molecule has 0 bridgehead atoms. The minimum absolute atomic E-state index is 0.182. The van der Waals surface area contributed by atoms with Crippen molar-refractivity contribution in [2.24, 2.45) is 0 Å². The zero-order chi connectivity index (χ0) is 26.3. The summed E-state index contributed by atoms with van der Waals surface area (Å²) in [7, 11) is 0. The molecule has 0 aromatic heterocycles. The number of piperidine rings is 2. The zero-order valence-corrected chi connectivity index (χ0v) is 22.1. The van der Waals surface area contributed by atoms with Crippen LogP contribution in [0, 0.1) is 0 Å². The van der Waals surface area contributed by atoms with Crippen LogP contribution in [0.5, 0.6) is 5.75 Å². The van der Waals surface area contributed by atoms with Crippen molar-refractivity contribution in [2.75, 3.05) is 26.2 Å². The van der Waals surface area contributed by atoms with Crippen molar-refractivity contribution in [3.63, 3.8) is 0 Å². The summed E-state index contributed by atoms with van der Waals surface area (Å²) in [6.07, 6.45) is 4.48. The van der Waals surface area contributed by atoms with E-state index in [0.717, 1.165) is 55.9 Å². The van der Waals surface area contributed by atoms with Gasteiger partial charge in [-0.25, -0.2) is 0 Å². The Balaban J connectivity index is 0.974. The molecule has 9 heteroatoms. The zero-order valence-electron chi connectivity index (χ0n) is 21.3. The second kappa shape index (κ2) is 10.3. The molecule has 2 fully saturated rings. The number of hydrogen-bond donors (Lipinski definition) is 1. The average Bonchev–Trinajstić information content (AvgIpc) is 3.43. The Morgan fingerprint density at radius 1 is 1.11 bits per heavy atom. The highest BCUT2D eigenvalue weighted by molar-refractivity contribution is 6.30. The van der Waals surface area contributed by atoms with E-state index < -0.39 is 11.9 Å². The molecule has 0 saturated carbocycles. The van der Waals surface area contributed by atoms with Crippen LogP contribution in [0.1, 0.15) is 65.6 Å². The van der Waals surface area contributed by atoms with Crippen LogP contribution in [0.25, 0.3) is 0 Å². The van der Waals surface area contributed by atoms with E-state index in [1.165, 1.54) is 11.1 Å². The Morgan fingerprint density at radius 2 is 1.95 bits per heavy atom. The molecule has 4 aliphatic heterocycles. The molecule has 0 aliphatic carbocycles. The normalized spacial score (nSPS) is 22.5. The molecule has 1 unspecified atom stereocenters. The van der Waals surface area contributed by atoms with Gasteiger partial charge in [0.15, 0.2) is 0 Å². The number of unbranched alkanes of at least 4 members (excludes halogenated alkanes) is 1. The molecule has 1 atom stereocenters. The number of nitrogens with zero attached hydrogens (tertiary/aromatic N) is 2. The van der Waals surface area contributed by atoms with Gasteiger partial charge in [0, 0.05) is 35.7 Å². The topological polar surface area (TPSA) is 88.2 Å². The number of hydrogen-bond acceptors (Lipinski definition) is 6. The quantitative estimate of drug-likeness (QED) is 0.427. The maximum absolute atomic E-state index is 13.0. The molecule has 0 radical (unpaired) electrons. The molecule has 38 heavy (non-hydrogen) atoms. The standard InChI is InChI=1S/C29H32ClN3O5/c30-20-7-6-19-18-38-29(23(19)16-20)10-13-32(14-11-29)12-1-2-15-37-25-5-3-4-21-22(25)17-33(28(21)36)24-8-9-26(34)31-27(24)35/h3-7,16,24H,1-2,8-15,17-18H2,(H,31,34,35). The predicted octanol–water partition coefficient (Wildman–Crippen LogP) is 3.78. The van der Waals surface area contributed by atoms with E-state index in [-0.39, 0.29) is 23.8 Å². The van der Waals surface area contributed by atoms with Gasteiger partial charge in [-0.05, 0) is 74.0 Å². The molecule has 6 rings (SSSR count). The summed E-state index contributed by atoms with van der Waals surface area (Å²) in [6, 6.07) is 11.0. The number of fused-ring (bicyclic) bond motifs is 3. The second-order valence-electron chi connectivity index (χ2n) is 10.7. The maximum Gasteiger partial charge on any atom is 0.255 e. The monoisotopic (exact) mass is 537 g/mol. The Kier molecular flexibility index (Phi) is 6.88. The third-order valence-corrected chi connectivity index (χ3v) is 8.63. The van der Waals surface area contributed by atoms with Crippen LogP contribution in [0.3, 0.4) is 0 Å². The first-order chi connectivity index (χ1) is 18.4. The van der Waals surface area contributed by atoms with Crippen LogP contribution in [-0.2, 0) is 33.1 Å². The smallest absolute Gasteiger partial charge is 0.255 e. The summed E-state index contributed by atoms with van der Waals surface area (Å²) in [5, 5.41) is 3.12. The lowest BCUT2D eigenvalue weighted by Gasteiger charge is -2.39. The molecule has 200 valence electrons. The van der Waals surface area contributed by atoms with Gasteiger partial charge in [0.05, 0.1) is 25.4 Å². The lowest BCUT2D eigenvalue weighted by molar-refractivity contribution is -0.136. The number of likely N-dealkylation sites (tertiary alicyclic amines) is 1. The molecule has 4 heterocycles. The highest BCUT2D eigenvalue weighted by Crippen LogP contribution is 2.45. The average molecular weight is 538 g/mol. The van der Waals surface area contributed by atoms with Gasteiger partial charge < -0.3 is 19.3 Å². The first-order valence-electron chi connectivity index (χ1n) is 13.5. The fraction of sp³-hybridized carbons (Fsp3) is 0.483. The van der Waals surface area contributed by atoms with Gasteiger partial charge in [0.2, 0.25) is 11.8 Å². The number of nitrogens with one attached hydrogen (secondary N) is 1. The largest absolute Gasteiger partial charge is 0.493 e. The van der Waals surface area contributed by atoms with Crippen LogP contribution in [0.15, 0.2) is 36.4 Å². The van der Waals surface area contributed by atoms with Crippen molar-refractivity contribution in [2.45, 2.75) is 63.3 Å². The van der Waals surface area contributed by atoms with Gasteiger partial charge in [-0.2, -0.15) is 0 Å². The van der Waals surface area contributed by atoms with Crippen molar-refractivity contribution in [3.05, 3.63) is 63.7 Å². The Bertz CT molecular complexity index is 1270. The molecule has 1 spiro atoms. The van der Waals surface area contributed by atoms with Crippen LogP contribution < -0.4 is 10.1 Å². The first kappa shape index (κ1) is 25.3. The molecular weight excluding hydrogens is 506 g/mol. The number of imide groups is 1. The summed E-state index contributed by atoms with van der Waals surface area (Å²) >= 11 is 6.26. The molecule has 4 aliphatic rings. The van der Waals surface area contributed by atoms with Gasteiger partial charge in [-0.1, -0.05) is 23.7 Å². The van der Waals surface area contributed by atoms with Gasteiger partial charge >= 0.3 is 0 Å². The number of carbonyl (C=O) groups excluding carboxylic acids is 3. The molecular formula is C29H32ClN3O5. The number of carbonyl (C=O) groups is 3.